The first-order chi connectivity index (χ1) is 9.47. The quantitative estimate of drug-likeness (QED) is 0.456. The molecule has 0 aliphatic carbocycles. The average Bonchev–Trinajstić information content (AvgIpc) is 2.43. The smallest absolute Gasteiger partial charge is 0.269 e. The lowest BCUT2D eigenvalue weighted by Crippen LogP contribution is -2.49. The van der Waals surface area contributed by atoms with E-state index in [-0.39, 0.29) is 30.5 Å². The largest absolute Gasteiger partial charge is 0.343 e. The highest BCUT2D eigenvalue weighted by Gasteiger charge is 2.23. The number of nitrogens with zero attached hydrogens (tertiary/aromatic N) is 3. The molecule has 1 aliphatic rings. The highest BCUT2D eigenvalue weighted by molar-refractivity contribution is 5.98. The van der Waals surface area contributed by atoms with Crippen molar-refractivity contribution in [2.24, 2.45) is 0 Å². The summed E-state index contributed by atoms with van der Waals surface area (Å²) in [6.07, 6.45) is 0. The average molecular weight is 277 g/mol. The molecule has 1 amide bonds. The predicted octanol–water partition coefficient (Wildman–Crippen LogP) is 0.552. The molecule has 0 radical (unpaired) electrons. The third-order valence-electron chi connectivity index (χ3n) is 3.30. The van der Waals surface area contributed by atoms with Crippen molar-refractivity contribution in [2.45, 2.75) is 0 Å². The van der Waals surface area contributed by atoms with E-state index in [4.69, 9.17) is 0 Å². The van der Waals surface area contributed by atoms with Gasteiger partial charge in [0.1, 0.15) is 0 Å². The van der Waals surface area contributed by atoms with Crippen molar-refractivity contribution in [2.75, 3.05) is 33.2 Å². The van der Waals surface area contributed by atoms with Crippen molar-refractivity contribution in [3.05, 3.63) is 39.9 Å². The number of piperazine rings is 1. The fourth-order valence-corrected chi connectivity index (χ4v) is 2.01. The number of hydrogen-bond acceptors (Lipinski definition) is 5. The van der Waals surface area contributed by atoms with Crippen molar-refractivity contribution in [1.82, 2.24) is 9.80 Å². The van der Waals surface area contributed by atoms with E-state index in [1.807, 2.05) is 0 Å². The molecule has 0 spiro atoms. The minimum atomic E-state index is -0.507. The van der Waals surface area contributed by atoms with Crippen LogP contribution < -0.4 is 0 Å². The van der Waals surface area contributed by atoms with Gasteiger partial charge < -0.3 is 4.90 Å². The molecule has 7 heteroatoms. The van der Waals surface area contributed by atoms with Gasteiger partial charge in [-0.2, -0.15) is 0 Å². The van der Waals surface area contributed by atoms with Gasteiger partial charge in [-0.1, -0.05) is 0 Å². The van der Waals surface area contributed by atoms with E-state index in [2.05, 4.69) is 0 Å². The number of hydrogen-bond donors (Lipinski definition) is 0. The SMILES string of the molecule is CN1CCN(CC(=O)c2ccc([N+](=O)[O-])cc2)CC1=O. The Bertz CT molecular complexity index is 541. The molecule has 1 aromatic carbocycles. The highest BCUT2D eigenvalue weighted by atomic mass is 16.6. The van der Waals surface area contributed by atoms with Gasteiger partial charge in [0.2, 0.25) is 5.91 Å². The maximum atomic E-state index is 12.0. The maximum Gasteiger partial charge on any atom is 0.269 e. The molecule has 1 heterocycles. The Balaban J connectivity index is 1.98. The van der Waals surface area contributed by atoms with Crippen LogP contribution in [-0.2, 0) is 4.79 Å². The molecule has 2 rings (SSSR count). The van der Waals surface area contributed by atoms with Gasteiger partial charge in [0.05, 0.1) is 18.0 Å². The molecular weight excluding hydrogens is 262 g/mol. The number of likely N-dealkylation sites (N-methyl/N-ethyl adjacent to an activating group) is 1. The van der Waals surface area contributed by atoms with Crippen LogP contribution in [-0.4, -0.2) is 59.6 Å². The molecule has 0 aromatic heterocycles. The van der Waals surface area contributed by atoms with E-state index in [1.54, 1.807) is 16.8 Å². The molecule has 0 saturated carbocycles. The first-order valence-corrected chi connectivity index (χ1v) is 6.21. The molecular formula is C13H15N3O4. The first kappa shape index (κ1) is 14.1. The Morgan fingerprint density at radius 1 is 1.30 bits per heavy atom. The summed E-state index contributed by atoms with van der Waals surface area (Å²) >= 11 is 0. The number of rotatable bonds is 4. The van der Waals surface area contributed by atoms with E-state index in [9.17, 15) is 19.7 Å². The lowest BCUT2D eigenvalue weighted by molar-refractivity contribution is -0.384. The zero-order chi connectivity index (χ0) is 14.7. The van der Waals surface area contributed by atoms with Crippen LogP contribution in [0.25, 0.3) is 0 Å². The Hall–Kier alpha value is -2.28. The molecule has 20 heavy (non-hydrogen) atoms. The summed E-state index contributed by atoms with van der Waals surface area (Å²) in [5.41, 5.74) is 0.373. The van der Waals surface area contributed by atoms with E-state index >= 15 is 0 Å². The molecule has 0 unspecified atom stereocenters. The second-order valence-corrected chi connectivity index (χ2v) is 4.75. The number of non-ortho nitro benzene ring substituents is 1. The summed E-state index contributed by atoms with van der Waals surface area (Å²) < 4.78 is 0. The lowest BCUT2D eigenvalue weighted by atomic mass is 10.1. The van der Waals surface area contributed by atoms with Gasteiger partial charge >= 0.3 is 0 Å². The topological polar surface area (TPSA) is 83.8 Å². The minimum Gasteiger partial charge on any atom is -0.343 e. The fourth-order valence-electron chi connectivity index (χ4n) is 2.01. The summed E-state index contributed by atoms with van der Waals surface area (Å²) in [4.78, 5) is 37.0. The molecule has 1 saturated heterocycles. The van der Waals surface area contributed by atoms with Crippen molar-refractivity contribution in [1.29, 1.82) is 0 Å². The number of carbonyl (C=O) groups is 2. The van der Waals surface area contributed by atoms with Crippen LogP contribution >= 0.6 is 0 Å². The van der Waals surface area contributed by atoms with Crippen LogP contribution in [0.1, 0.15) is 10.4 Å². The molecule has 1 fully saturated rings. The molecule has 0 bridgehead atoms. The van der Waals surface area contributed by atoms with Gasteiger partial charge in [-0.25, -0.2) is 0 Å². The second kappa shape index (κ2) is 5.79. The van der Waals surface area contributed by atoms with Gasteiger partial charge in [-0.15, -0.1) is 0 Å². The molecule has 1 aliphatic heterocycles. The van der Waals surface area contributed by atoms with Gasteiger partial charge in [0.15, 0.2) is 5.78 Å². The van der Waals surface area contributed by atoms with Crippen LogP contribution in [0.15, 0.2) is 24.3 Å². The van der Waals surface area contributed by atoms with Gasteiger partial charge in [-0.3, -0.25) is 24.6 Å². The van der Waals surface area contributed by atoms with Crippen molar-refractivity contribution >= 4 is 17.4 Å². The third kappa shape index (κ3) is 3.18. The zero-order valence-electron chi connectivity index (χ0n) is 11.1. The van der Waals surface area contributed by atoms with Crippen molar-refractivity contribution < 1.29 is 14.5 Å². The highest BCUT2D eigenvalue weighted by Crippen LogP contribution is 2.13. The number of Topliss-reactive ketones (excluding diaryl/α,β-unsaturated/α-hetero) is 1. The zero-order valence-corrected chi connectivity index (χ0v) is 11.1. The number of ketones is 1. The van der Waals surface area contributed by atoms with Crippen LogP contribution in [0.5, 0.6) is 0 Å². The van der Waals surface area contributed by atoms with Crippen LogP contribution in [0.3, 0.4) is 0 Å². The van der Waals surface area contributed by atoms with Gasteiger partial charge in [0, 0.05) is 37.8 Å². The fraction of sp³-hybridized carbons (Fsp3) is 0.385. The first-order valence-electron chi connectivity index (χ1n) is 6.21. The van der Waals surface area contributed by atoms with Gasteiger partial charge in [0.25, 0.3) is 5.69 Å². The molecule has 1 aromatic rings. The third-order valence-corrected chi connectivity index (χ3v) is 3.30. The lowest BCUT2D eigenvalue weighted by Gasteiger charge is -2.31. The Kier molecular flexibility index (Phi) is 4.09. The molecule has 0 atom stereocenters. The van der Waals surface area contributed by atoms with Crippen LogP contribution in [0.4, 0.5) is 5.69 Å². The number of benzene rings is 1. The standard InChI is InChI=1S/C13H15N3O4/c1-14-6-7-15(9-13(14)18)8-12(17)10-2-4-11(5-3-10)16(19)20/h2-5H,6-9H2,1H3. The number of nitro benzene ring substituents is 1. The number of nitro groups is 1. The van der Waals surface area contributed by atoms with E-state index < -0.39 is 4.92 Å². The molecule has 106 valence electrons. The maximum absolute atomic E-state index is 12.0. The van der Waals surface area contributed by atoms with E-state index in [0.717, 1.165) is 0 Å². The van der Waals surface area contributed by atoms with Crippen LogP contribution in [0.2, 0.25) is 0 Å². The van der Waals surface area contributed by atoms with Crippen molar-refractivity contribution in [3.8, 4) is 0 Å². The normalized spacial score (nSPS) is 16.2. The van der Waals surface area contributed by atoms with E-state index in [0.29, 0.717) is 18.7 Å². The summed E-state index contributed by atoms with van der Waals surface area (Å²) in [6, 6.07) is 5.50. The van der Waals surface area contributed by atoms with E-state index in [1.165, 1.54) is 24.3 Å². The Morgan fingerprint density at radius 2 is 1.95 bits per heavy atom. The summed E-state index contributed by atoms with van der Waals surface area (Å²) in [6.45, 7) is 1.64. The number of carbonyl (C=O) groups excluding carboxylic acids is 2. The van der Waals surface area contributed by atoms with Gasteiger partial charge in [-0.05, 0) is 12.1 Å². The Labute approximate surface area is 115 Å². The Morgan fingerprint density at radius 3 is 2.50 bits per heavy atom. The number of amides is 1. The molecule has 7 nitrogen and oxygen atoms in total. The monoisotopic (exact) mass is 277 g/mol. The second-order valence-electron chi connectivity index (χ2n) is 4.75. The molecule has 0 N–H and O–H groups in total. The predicted molar refractivity (Wildman–Crippen MR) is 71.5 cm³/mol. The minimum absolute atomic E-state index is 0.00671. The summed E-state index contributed by atoms with van der Waals surface area (Å²) in [5, 5.41) is 10.5. The van der Waals surface area contributed by atoms with Crippen molar-refractivity contribution in [3.63, 3.8) is 0 Å². The summed E-state index contributed by atoms with van der Waals surface area (Å²) in [5.74, 6) is -0.148. The van der Waals surface area contributed by atoms with Crippen LogP contribution in [0, 0.1) is 10.1 Å². The summed E-state index contributed by atoms with van der Waals surface area (Å²) in [7, 11) is 1.73.